The number of halogens is 3. The summed E-state index contributed by atoms with van der Waals surface area (Å²) >= 11 is 18.4. The molecule has 0 aliphatic rings. The van der Waals surface area contributed by atoms with Crippen LogP contribution in [0.4, 0.5) is 5.69 Å². The molecule has 0 radical (unpaired) electrons. The molecule has 1 heterocycles. The number of carbonyl (C=O) groups is 1. The van der Waals surface area contributed by atoms with Gasteiger partial charge in [0.1, 0.15) is 0 Å². The van der Waals surface area contributed by atoms with E-state index in [2.05, 4.69) is 15.4 Å². The number of anilines is 1. The Bertz CT molecular complexity index is 1280. The van der Waals surface area contributed by atoms with Gasteiger partial charge in [0.25, 0.3) is 5.91 Å². The van der Waals surface area contributed by atoms with Gasteiger partial charge in [-0.05, 0) is 49.7 Å². The van der Waals surface area contributed by atoms with Gasteiger partial charge in [-0.15, -0.1) is 5.10 Å². The lowest BCUT2D eigenvalue weighted by molar-refractivity contribution is 0.101. The van der Waals surface area contributed by atoms with Crippen LogP contribution >= 0.6 is 34.8 Å². The summed E-state index contributed by atoms with van der Waals surface area (Å²) in [6, 6.07) is 18.2. The highest BCUT2D eigenvalue weighted by Crippen LogP contribution is 2.28. The van der Waals surface area contributed by atoms with Crippen LogP contribution < -0.4 is 5.32 Å². The molecule has 5 nitrogen and oxygen atoms in total. The number of nitrogens with zero attached hydrogens (tertiary/aromatic N) is 3. The first kappa shape index (κ1) is 21.4. The molecule has 156 valence electrons. The van der Waals surface area contributed by atoms with Crippen LogP contribution in [0.25, 0.3) is 17.1 Å². The Balaban J connectivity index is 1.78. The lowest BCUT2D eigenvalue weighted by atomic mass is 10.1. The molecule has 0 saturated carbocycles. The standard InChI is InChI=1S/C23H17Cl3N4O/c1-13-6-8-15(9-7-13)22-28-21(23(31)27-20-5-3-4-17(24)14(20)2)29-30(22)16-10-11-18(25)19(26)12-16/h3-12H,1-2H3,(H,27,31). The second-order valence-electron chi connectivity index (χ2n) is 7.00. The predicted octanol–water partition coefficient (Wildman–Crippen LogP) is 6.76. The first-order valence-corrected chi connectivity index (χ1v) is 10.5. The van der Waals surface area contributed by atoms with Gasteiger partial charge < -0.3 is 5.32 Å². The lowest BCUT2D eigenvalue weighted by Gasteiger charge is -2.08. The number of hydrogen-bond acceptors (Lipinski definition) is 3. The highest BCUT2D eigenvalue weighted by atomic mass is 35.5. The molecule has 0 unspecified atom stereocenters. The van der Waals surface area contributed by atoms with Crippen molar-refractivity contribution in [3.8, 4) is 17.1 Å². The summed E-state index contributed by atoms with van der Waals surface area (Å²) in [4.78, 5) is 17.5. The Morgan fingerprint density at radius 3 is 2.35 bits per heavy atom. The molecular formula is C23H17Cl3N4O. The van der Waals surface area contributed by atoms with Crippen molar-refractivity contribution in [2.45, 2.75) is 13.8 Å². The van der Waals surface area contributed by atoms with E-state index in [1.807, 2.05) is 38.1 Å². The Kier molecular flexibility index (Phi) is 6.01. The molecule has 31 heavy (non-hydrogen) atoms. The molecule has 0 spiro atoms. The fraction of sp³-hybridized carbons (Fsp3) is 0.0870. The first-order valence-electron chi connectivity index (χ1n) is 9.39. The maximum atomic E-state index is 12.9. The number of aromatic nitrogens is 3. The van der Waals surface area contributed by atoms with E-state index in [1.165, 1.54) is 0 Å². The van der Waals surface area contributed by atoms with Gasteiger partial charge in [0.15, 0.2) is 5.82 Å². The van der Waals surface area contributed by atoms with E-state index >= 15 is 0 Å². The summed E-state index contributed by atoms with van der Waals surface area (Å²) in [6.45, 7) is 3.83. The normalized spacial score (nSPS) is 10.9. The smallest absolute Gasteiger partial charge is 0.295 e. The predicted molar refractivity (Wildman–Crippen MR) is 126 cm³/mol. The zero-order valence-corrected chi connectivity index (χ0v) is 18.9. The van der Waals surface area contributed by atoms with Crippen molar-refractivity contribution in [3.05, 3.63) is 92.7 Å². The zero-order valence-electron chi connectivity index (χ0n) is 16.7. The maximum Gasteiger partial charge on any atom is 0.295 e. The van der Waals surface area contributed by atoms with Gasteiger partial charge in [0, 0.05) is 16.3 Å². The second kappa shape index (κ2) is 8.71. The van der Waals surface area contributed by atoms with Crippen LogP contribution in [0.15, 0.2) is 60.7 Å². The van der Waals surface area contributed by atoms with Gasteiger partial charge in [-0.3, -0.25) is 4.79 Å². The third-order valence-corrected chi connectivity index (χ3v) is 5.93. The van der Waals surface area contributed by atoms with E-state index in [4.69, 9.17) is 34.8 Å². The molecule has 1 N–H and O–H groups in total. The third-order valence-electron chi connectivity index (χ3n) is 4.78. The number of nitrogens with one attached hydrogen (secondary N) is 1. The summed E-state index contributed by atoms with van der Waals surface area (Å²) in [5, 5.41) is 8.66. The van der Waals surface area contributed by atoms with E-state index in [9.17, 15) is 4.79 Å². The molecule has 4 aromatic rings. The van der Waals surface area contributed by atoms with Crippen LogP contribution in [0.1, 0.15) is 21.7 Å². The minimum absolute atomic E-state index is 0.0148. The monoisotopic (exact) mass is 470 g/mol. The molecule has 8 heteroatoms. The average Bonchev–Trinajstić information content (AvgIpc) is 3.19. The number of rotatable bonds is 4. The van der Waals surface area contributed by atoms with Crippen LogP contribution in [0.3, 0.4) is 0 Å². The van der Waals surface area contributed by atoms with E-state index in [0.717, 1.165) is 16.7 Å². The minimum atomic E-state index is -0.447. The Hall–Kier alpha value is -2.86. The van der Waals surface area contributed by atoms with Crippen molar-refractivity contribution in [2.24, 2.45) is 0 Å². The third kappa shape index (κ3) is 4.44. The number of hydrogen-bond donors (Lipinski definition) is 1. The first-order chi connectivity index (χ1) is 14.8. The minimum Gasteiger partial charge on any atom is -0.319 e. The molecule has 1 amide bonds. The van der Waals surface area contributed by atoms with E-state index in [1.54, 1.807) is 41.1 Å². The SMILES string of the molecule is Cc1ccc(-c2nc(C(=O)Nc3cccc(Cl)c3C)nn2-c2ccc(Cl)c(Cl)c2)cc1. The molecular weight excluding hydrogens is 455 g/mol. The zero-order chi connectivity index (χ0) is 22.1. The van der Waals surface area contributed by atoms with Crippen molar-refractivity contribution in [1.29, 1.82) is 0 Å². The summed E-state index contributed by atoms with van der Waals surface area (Å²) in [5.41, 5.74) is 3.91. The largest absolute Gasteiger partial charge is 0.319 e. The van der Waals surface area contributed by atoms with Crippen molar-refractivity contribution in [3.63, 3.8) is 0 Å². The lowest BCUT2D eigenvalue weighted by Crippen LogP contribution is -2.15. The molecule has 3 aromatic carbocycles. The van der Waals surface area contributed by atoms with Gasteiger partial charge in [-0.2, -0.15) is 0 Å². The number of benzene rings is 3. The van der Waals surface area contributed by atoms with E-state index in [-0.39, 0.29) is 5.82 Å². The quantitative estimate of drug-likeness (QED) is 0.357. The highest BCUT2D eigenvalue weighted by Gasteiger charge is 2.20. The van der Waals surface area contributed by atoms with E-state index < -0.39 is 5.91 Å². The number of aryl methyl sites for hydroxylation is 1. The van der Waals surface area contributed by atoms with E-state index in [0.29, 0.717) is 32.3 Å². The summed E-state index contributed by atoms with van der Waals surface area (Å²) < 4.78 is 1.58. The molecule has 0 bridgehead atoms. The molecule has 0 aliphatic heterocycles. The summed E-state index contributed by atoms with van der Waals surface area (Å²) in [5.74, 6) is 0.0740. The van der Waals surface area contributed by atoms with Crippen molar-refractivity contribution in [1.82, 2.24) is 14.8 Å². The highest BCUT2D eigenvalue weighted by molar-refractivity contribution is 6.42. The van der Waals surface area contributed by atoms with Crippen LogP contribution in [0.2, 0.25) is 15.1 Å². The summed E-state index contributed by atoms with van der Waals surface area (Å²) in [6.07, 6.45) is 0. The van der Waals surface area contributed by atoms with Gasteiger partial charge in [-0.25, -0.2) is 9.67 Å². The van der Waals surface area contributed by atoms with Gasteiger partial charge >= 0.3 is 0 Å². The van der Waals surface area contributed by atoms with Crippen LogP contribution in [0, 0.1) is 13.8 Å². The molecule has 0 atom stereocenters. The van der Waals surface area contributed by atoms with Crippen LogP contribution in [-0.4, -0.2) is 20.7 Å². The van der Waals surface area contributed by atoms with Crippen LogP contribution in [-0.2, 0) is 0 Å². The molecule has 4 rings (SSSR count). The molecule has 0 saturated heterocycles. The Morgan fingerprint density at radius 1 is 0.903 bits per heavy atom. The number of carbonyl (C=O) groups excluding carboxylic acids is 1. The molecule has 0 fully saturated rings. The van der Waals surface area contributed by atoms with Crippen LogP contribution in [0.5, 0.6) is 0 Å². The van der Waals surface area contributed by atoms with Gasteiger partial charge in [0.2, 0.25) is 5.82 Å². The Morgan fingerprint density at radius 2 is 1.65 bits per heavy atom. The maximum absolute atomic E-state index is 12.9. The molecule has 0 aliphatic carbocycles. The van der Waals surface area contributed by atoms with Crippen molar-refractivity contribution in [2.75, 3.05) is 5.32 Å². The Labute approximate surface area is 194 Å². The van der Waals surface area contributed by atoms with Crippen molar-refractivity contribution >= 4 is 46.4 Å². The summed E-state index contributed by atoms with van der Waals surface area (Å²) in [7, 11) is 0. The number of amides is 1. The van der Waals surface area contributed by atoms with Gasteiger partial charge in [-0.1, -0.05) is 70.7 Å². The average molecular weight is 472 g/mol. The molecule has 1 aromatic heterocycles. The fourth-order valence-electron chi connectivity index (χ4n) is 3.02. The van der Waals surface area contributed by atoms with Crippen molar-refractivity contribution < 1.29 is 4.79 Å². The fourth-order valence-corrected chi connectivity index (χ4v) is 3.48. The topological polar surface area (TPSA) is 59.8 Å². The second-order valence-corrected chi connectivity index (χ2v) is 8.22. The van der Waals surface area contributed by atoms with Gasteiger partial charge in [0.05, 0.1) is 15.7 Å².